The molecule has 0 bridgehead atoms. The zero-order chi connectivity index (χ0) is 21.3. The van der Waals surface area contributed by atoms with E-state index in [9.17, 15) is 13.2 Å². The summed E-state index contributed by atoms with van der Waals surface area (Å²) in [4.78, 5) is 16.4. The van der Waals surface area contributed by atoms with Gasteiger partial charge < -0.3 is 5.32 Å². The molecule has 0 aliphatic heterocycles. The van der Waals surface area contributed by atoms with Crippen LogP contribution in [-0.4, -0.2) is 35.1 Å². The average molecular weight is 466 g/mol. The second-order valence-corrected chi connectivity index (χ2v) is 9.34. The van der Waals surface area contributed by atoms with Crippen LogP contribution < -0.4 is 10.0 Å². The maximum Gasteiger partial charge on any atom is 0.253 e. The van der Waals surface area contributed by atoms with Gasteiger partial charge in [0.25, 0.3) is 5.91 Å². The fourth-order valence-electron chi connectivity index (χ4n) is 2.78. The first kappa shape index (κ1) is 20.8. The van der Waals surface area contributed by atoms with E-state index in [1.54, 1.807) is 11.0 Å². The highest BCUT2D eigenvalue weighted by molar-refractivity contribution is 7.89. The van der Waals surface area contributed by atoms with Gasteiger partial charge in [0.1, 0.15) is 17.6 Å². The van der Waals surface area contributed by atoms with Crippen molar-refractivity contribution in [3.05, 3.63) is 70.2 Å². The Morgan fingerprint density at radius 2 is 1.87 bits per heavy atom. The highest BCUT2D eigenvalue weighted by atomic mass is 35.5. The van der Waals surface area contributed by atoms with E-state index in [2.05, 4.69) is 20.1 Å². The van der Waals surface area contributed by atoms with Crippen LogP contribution in [-0.2, 0) is 16.6 Å². The van der Waals surface area contributed by atoms with Crippen molar-refractivity contribution < 1.29 is 13.2 Å². The average Bonchev–Trinajstić information content (AvgIpc) is 3.33. The maximum absolute atomic E-state index is 12.6. The number of aromatic nitrogens is 3. The number of sulfonamides is 1. The Kier molecular flexibility index (Phi) is 5.79. The summed E-state index contributed by atoms with van der Waals surface area (Å²) in [6, 6.07) is 9.77. The zero-order valence-corrected chi connectivity index (χ0v) is 17.9. The highest BCUT2D eigenvalue weighted by Gasteiger charge is 2.30. The van der Waals surface area contributed by atoms with Crippen molar-refractivity contribution in [1.82, 2.24) is 24.8 Å². The summed E-state index contributed by atoms with van der Waals surface area (Å²) in [5, 5.41) is 6.84. The van der Waals surface area contributed by atoms with Gasteiger partial charge in [-0.25, -0.2) is 22.8 Å². The molecule has 0 saturated heterocycles. The third-order valence-electron chi connectivity index (χ3n) is 4.53. The molecule has 8 nitrogen and oxygen atoms in total. The zero-order valence-electron chi connectivity index (χ0n) is 15.5. The van der Waals surface area contributed by atoms with E-state index in [1.807, 2.05) is 24.3 Å². The molecule has 1 aliphatic rings. The van der Waals surface area contributed by atoms with E-state index in [1.165, 1.54) is 18.5 Å². The topological polar surface area (TPSA) is 106 Å². The molecular formula is C19H17Cl2N5O3S. The summed E-state index contributed by atoms with van der Waals surface area (Å²) in [5.74, 6) is -0.500. The summed E-state index contributed by atoms with van der Waals surface area (Å²) in [6.07, 6.45) is 4.60. The number of benzene rings is 2. The number of halogens is 2. The minimum atomic E-state index is -3.83. The highest BCUT2D eigenvalue weighted by Crippen LogP contribution is 2.30. The normalized spacial score (nSPS) is 13.9. The van der Waals surface area contributed by atoms with Crippen LogP contribution in [0.1, 0.15) is 28.8 Å². The molecule has 1 aliphatic carbocycles. The molecule has 156 valence electrons. The molecule has 1 heterocycles. The molecule has 0 spiro atoms. The van der Waals surface area contributed by atoms with Crippen LogP contribution in [0.15, 0.2) is 53.9 Å². The maximum atomic E-state index is 12.6. The van der Waals surface area contributed by atoms with Crippen molar-refractivity contribution in [1.29, 1.82) is 0 Å². The first-order valence-electron chi connectivity index (χ1n) is 9.07. The molecule has 4 rings (SSSR count). The van der Waals surface area contributed by atoms with Crippen molar-refractivity contribution in [2.75, 3.05) is 0 Å². The lowest BCUT2D eigenvalue weighted by Crippen LogP contribution is -2.27. The van der Waals surface area contributed by atoms with E-state index in [0.717, 1.165) is 24.1 Å². The third-order valence-corrected chi connectivity index (χ3v) is 6.83. The number of hydrogen-bond donors (Lipinski definition) is 2. The molecule has 1 aromatic heterocycles. The predicted molar refractivity (Wildman–Crippen MR) is 112 cm³/mol. The molecule has 11 heteroatoms. The van der Waals surface area contributed by atoms with Crippen LogP contribution in [0.3, 0.4) is 0 Å². The number of carbonyl (C=O) groups is 1. The van der Waals surface area contributed by atoms with Gasteiger partial charge in [-0.2, -0.15) is 5.10 Å². The quantitative estimate of drug-likeness (QED) is 0.557. The minimum Gasteiger partial charge on any atom is -0.348 e. The van der Waals surface area contributed by atoms with Crippen molar-refractivity contribution in [2.24, 2.45) is 0 Å². The van der Waals surface area contributed by atoms with Gasteiger partial charge >= 0.3 is 0 Å². The van der Waals surface area contributed by atoms with E-state index in [4.69, 9.17) is 23.2 Å². The van der Waals surface area contributed by atoms with E-state index in [0.29, 0.717) is 0 Å². The molecule has 3 aromatic rings. The second-order valence-electron chi connectivity index (χ2n) is 6.85. The second kappa shape index (κ2) is 8.35. The Labute approximate surface area is 183 Å². The van der Waals surface area contributed by atoms with E-state index < -0.39 is 15.9 Å². The van der Waals surface area contributed by atoms with Crippen molar-refractivity contribution >= 4 is 39.1 Å². The number of amides is 1. The fourth-order valence-corrected chi connectivity index (χ4v) is 4.94. The lowest BCUT2D eigenvalue weighted by atomic mass is 10.1. The molecule has 1 saturated carbocycles. The molecule has 1 amide bonds. The standard InChI is InChI=1S/C19H17Cl2N5O3S/c20-16-8-17(21)18(30(28,29)25-13-3-4-13)7-15(16)19(27)23-9-12-1-5-14(6-2-12)26-11-22-10-24-26/h1-2,5-8,10-11,13,25H,3-4,9H2,(H,23,27). The fraction of sp³-hybridized carbons (Fsp3) is 0.211. The summed E-state index contributed by atoms with van der Waals surface area (Å²) in [7, 11) is -3.83. The Hall–Kier alpha value is -2.46. The van der Waals surface area contributed by atoms with Crippen LogP contribution in [0.2, 0.25) is 10.0 Å². The summed E-state index contributed by atoms with van der Waals surface area (Å²) < 4.78 is 29.2. The van der Waals surface area contributed by atoms with Gasteiger partial charge in [0, 0.05) is 12.6 Å². The number of nitrogens with one attached hydrogen (secondary N) is 2. The van der Waals surface area contributed by atoms with Crippen molar-refractivity contribution in [3.8, 4) is 5.69 Å². The molecule has 0 atom stereocenters. The summed E-state index contributed by atoms with van der Waals surface area (Å²) >= 11 is 12.2. The first-order valence-corrected chi connectivity index (χ1v) is 11.3. The van der Waals surface area contributed by atoms with Crippen LogP contribution in [0.4, 0.5) is 0 Å². The minimum absolute atomic E-state index is 0.0339. The van der Waals surface area contributed by atoms with Gasteiger partial charge in [-0.15, -0.1) is 0 Å². The molecule has 30 heavy (non-hydrogen) atoms. The Morgan fingerprint density at radius 3 is 2.50 bits per heavy atom. The van der Waals surface area contributed by atoms with Crippen LogP contribution >= 0.6 is 23.2 Å². The van der Waals surface area contributed by atoms with E-state index in [-0.39, 0.29) is 33.1 Å². The Bertz CT molecular complexity index is 1180. The molecule has 0 radical (unpaired) electrons. The van der Waals surface area contributed by atoms with Crippen LogP contribution in [0, 0.1) is 0 Å². The molecule has 2 aromatic carbocycles. The third kappa shape index (κ3) is 4.65. The van der Waals surface area contributed by atoms with Crippen molar-refractivity contribution in [3.63, 3.8) is 0 Å². The Balaban J connectivity index is 1.48. The summed E-state index contributed by atoms with van der Waals surface area (Å²) in [5.41, 5.74) is 1.72. The van der Waals surface area contributed by atoms with Gasteiger partial charge in [-0.3, -0.25) is 4.79 Å². The molecule has 0 unspecified atom stereocenters. The Morgan fingerprint density at radius 1 is 1.13 bits per heavy atom. The number of rotatable bonds is 7. The van der Waals surface area contributed by atoms with Crippen LogP contribution in [0.5, 0.6) is 0 Å². The lowest BCUT2D eigenvalue weighted by Gasteiger charge is -2.12. The molecule has 1 fully saturated rings. The number of hydrogen-bond acceptors (Lipinski definition) is 5. The first-order chi connectivity index (χ1) is 14.3. The van der Waals surface area contributed by atoms with E-state index >= 15 is 0 Å². The molecular weight excluding hydrogens is 449 g/mol. The van der Waals surface area contributed by atoms with Gasteiger partial charge in [0.15, 0.2) is 0 Å². The number of carbonyl (C=O) groups excluding carboxylic acids is 1. The molecule has 2 N–H and O–H groups in total. The number of nitrogens with zero attached hydrogens (tertiary/aromatic N) is 3. The van der Waals surface area contributed by atoms with Gasteiger partial charge in [-0.05, 0) is 42.7 Å². The van der Waals surface area contributed by atoms with Gasteiger partial charge in [0.2, 0.25) is 10.0 Å². The van der Waals surface area contributed by atoms with Crippen molar-refractivity contribution in [2.45, 2.75) is 30.3 Å². The smallest absolute Gasteiger partial charge is 0.253 e. The monoisotopic (exact) mass is 465 g/mol. The van der Waals surface area contributed by atoms with Crippen LogP contribution in [0.25, 0.3) is 5.69 Å². The largest absolute Gasteiger partial charge is 0.348 e. The van der Waals surface area contributed by atoms with Gasteiger partial charge in [-0.1, -0.05) is 35.3 Å². The SMILES string of the molecule is O=C(NCc1ccc(-n2cncn2)cc1)c1cc(S(=O)(=O)NC2CC2)c(Cl)cc1Cl. The van der Waals surface area contributed by atoms with Gasteiger partial charge in [0.05, 0.1) is 21.3 Å². The predicted octanol–water partition coefficient (Wildman–Crippen LogP) is 2.94. The summed E-state index contributed by atoms with van der Waals surface area (Å²) in [6.45, 7) is 0.234. The lowest BCUT2D eigenvalue weighted by molar-refractivity contribution is 0.0951.